The standard InChI is InChI=1S/C20H22N2O2S/c1-21(12-13-22-11-10-16-6-3-4-9-19(16)22)20(23)15-25-18-8-5-7-17(14-18)24-2/h3-11,14H,12-13,15H2,1-2H3. The lowest BCUT2D eigenvalue weighted by molar-refractivity contribution is -0.127. The predicted octanol–water partition coefficient (Wildman–Crippen LogP) is 3.90. The number of amides is 1. The van der Waals surface area contributed by atoms with Gasteiger partial charge < -0.3 is 14.2 Å². The molecule has 4 nitrogen and oxygen atoms in total. The van der Waals surface area contributed by atoms with Crippen LogP contribution in [0.2, 0.25) is 0 Å². The fourth-order valence-electron chi connectivity index (χ4n) is 2.66. The number of hydrogen-bond acceptors (Lipinski definition) is 3. The van der Waals surface area contributed by atoms with Gasteiger partial charge in [0.05, 0.1) is 12.9 Å². The van der Waals surface area contributed by atoms with E-state index in [1.54, 1.807) is 12.0 Å². The van der Waals surface area contributed by atoms with Crippen LogP contribution in [-0.2, 0) is 11.3 Å². The second-order valence-electron chi connectivity index (χ2n) is 5.85. The average Bonchev–Trinajstić information content (AvgIpc) is 3.07. The van der Waals surface area contributed by atoms with Gasteiger partial charge in [-0.2, -0.15) is 0 Å². The molecule has 0 fully saturated rings. The quantitative estimate of drug-likeness (QED) is 0.604. The fourth-order valence-corrected chi connectivity index (χ4v) is 3.55. The summed E-state index contributed by atoms with van der Waals surface area (Å²) in [5, 5.41) is 1.23. The fraction of sp³-hybridized carbons (Fsp3) is 0.250. The molecule has 5 heteroatoms. The van der Waals surface area contributed by atoms with Gasteiger partial charge in [0.25, 0.3) is 0 Å². The Hall–Kier alpha value is -2.40. The molecule has 130 valence electrons. The molecule has 1 amide bonds. The van der Waals surface area contributed by atoms with Gasteiger partial charge >= 0.3 is 0 Å². The highest BCUT2D eigenvalue weighted by molar-refractivity contribution is 8.00. The monoisotopic (exact) mass is 354 g/mol. The van der Waals surface area contributed by atoms with Crippen LogP contribution in [0.1, 0.15) is 0 Å². The molecule has 0 unspecified atom stereocenters. The second kappa shape index (κ2) is 8.12. The molecule has 0 bridgehead atoms. The summed E-state index contributed by atoms with van der Waals surface area (Å²) in [5.41, 5.74) is 1.20. The van der Waals surface area contributed by atoms with Crippen LogP contribution in [0.3, 0.4) is 0 Å². The topological polar surface area (TPSA) is 34.5 Å². The first-order valence-electron chi connectivity index (χ1n) is 8.22. The first-order chi connectivity index (χ1) is 12.2. The molecule has 0 saturated heterocycles. The lowest BCUT2D eigenvalue weighted by atomic mass is 10.2. The Balaban J connectivity index is 1.52. The van der Waals surface area contributed by atoms with Gasteiger partial charge in [0.2, 0.25) is 5.91 Å². The van der Waals surface area contributed by atoms with Crippen molar-refractivity contribution in [3.05, 3.63) is 60.8 Å². The number of rotatable bonds is 7. The van der Waals surface area contributed by atoms with E-state index < -0.39 is 0 Å². The molecule has 0 saturated carbocycles. The SMILES string of the molecule is COc1cccc(SCC(=O)N(C)CCn2ccc3ccccc32)c1. The van der Waals surface area contributed by atoms with Gasteiger partial charge in [0.15, 0.2) is 0 Å². The number of carbonyl (C=O) groups excluding carboxylic acids is 1. The van der Waals surface area contributed by atoms with Crippen molar-refractivity contribution in [2.45, 2.75) is 11.4 Å². The number of aromatic nitrogens is 1. The normalized spacial score (nSPS) is 10.8. The third-order valence-corrected chi connectivity index (χ3v) is 5.16. The van der Waals surface area contributed by atoms with Gasteiger partial charge in [-0.25, -0.2) is 0 Å². The van der Waals surface area contributed by atoms with Gasteiger partial charge in [0.1, 0.15) is 5.75 Å². The number of methoxy groups -OCH3 is 1. The molecular formula is C20H22N2O2S. The maximum Gasteiger partial charge on any atom is 0.232 e. The maximum atomic E-state index is 12.4. The number of thioether (sulfide) groups is 1. The van der Waals surface area contributed by atoms with E-state index in [2.05, 4.69) is 29.0 Å². The maximum absolute atomic E-state index is 12.4. The molecule has 25 heavy (non-hydrogen) atoms. The van der Waals surface area contributed by atoms with Crippen LogP contribution in [0.4, 0.5) is 0 Å². The predicted molar refractivity (Wildman–Crippen MR) is 103 cm³/mol. The van der Waals surface area contributed by atoms with E-state index in [0.717, 1.165) is 17.2 Å². The zero-order chi connectivity index (χ0) is 17.6. The highest BCUT2D eigenvalue weighted by atomic mass is 32.2. The lowest BCUT2D eigenvalue weighted by Crippen LogP contribution is -2.31. The van der Waals surface area contributed by atoms with Crippen LogP contribution in [0.15, 0.2) is 65.7 Å². The summed E-state index contributed by atoms with van der Waals surface area (Å²) in [6, 6.07) is 18.2. The van der Waals surface area contributed by atoms with E-state index in [0.29, 0.717) is 12.3 Å². The Morgan fingerprint density at radius 1 is 1.16 bits per heavy atom. The Bertz CT molecular complexity index is 860. The van der Waals surface area contributed by atoms with Crippen LogP contribution in [0, 0.1) is 0 Å². The molecule has 0 aliphatic rings. The third-order valence-electron chi connectivity index (χ3n) is 4.19. The van der Waals surface area contributed by atoms with Crippen molar-refractivity contribution < 1.29 is 9.53 Å². The van der Waals surface area contributed by atoms with Crippen molar-refractivity contribution in [2.24, 2.45) is 0 Å². The van der Waals surface area contributed by atoms with Crippen LogP contribution in [-0.4, -0.2) is 41.8 Å². The average molecular weight is 354 g/mol. The zero-order valence-electron chi connectivity index (χ0n) is 14.5. The summed E-state index contributed by atoms with van der Waals surface area (Å²) >= 11 is 1.53. The van der Waals surface area contributed by atoms with E-state index in [1.165, 1.54) is 22.7 Å². The largest absolute Gasteiger partial charge is 0.497 e. The first-order valence-corrected chi connectivity index (χ1v) is 9.20. The molecule has 2 aromatic carbocycles. The van der Waals surface area contributed by atoms with Crippen LogP contribution in [0.25, 0.3) is 10.9 Å². The van der Waals surface area contributed by atoms with Crippen LogP contribution >= 0.6 is 11.8 Å². The summed E-state index contributed by atoms with van der Waals surface area (Å²) in [4.78, 5) is 15.2. The van der Waals surface area contributed by atoms with Crippen LogP contribution < -0.4 is 4.74 Å². The van der Waals surface area contributed by atoms with Crippen molar-refractivity contribution in [1.82, 2.24) is 9.47 Å². The molecule has 0 atom stereocenters. The molecule has 0 N–H and O–H groups in total. The number of hydrogen-bond donors (Lipinski definition) is 0. The van der Waals surface area contributed by atoms with E-state index in [4.69, 9.17) is 4.74 Å². The molecule has 1 heterocycles. The first kappa shape index (κ1) is 17.4. The Morgan fingerprint density at radius 3 is 2.84 bits per heavy atom. The van der Waals surface area contributed by atoms with E-state index in [1.807, 2.05) is 43.4 Å². The van der Waals surface area contributed by atoms with E-state index in [9.17, 15) is 4.79 Å². The van der Waals surface area contributed by atoms with Crippen molar-refractivity contribution >= 4 is 28.6 Å². The highest BCUT2D eigenvalue weighted by Crippen LogP contribution is 2.23. The summed E-state index contributed by atoms with van der Waals surface area (Å²) in [5.74, 6) is 1.37. The Labute approximate surface area is 152 Å². The summed E-state index contributed by atoms with van der Waals surface area (Å²) in [6.45, 7) is 1.48. The number of fused-ring (bicyclic) bond motifs is 1. The number of likely N-dealkylation sites (N-methyl/N-ethyl adjacent to an activating group) is 1. The van der Waals surface area contributed by atoms with Crippen molar-refractivity contribution in [1.29, 1.82) is 0 Å². The number of carbonyl (C=O) groups is 1. The third kappa shape index (κ3) is 4.37. The molecule has 0 spiro atoms. The van der Waals surface area contributed by atoms with Gasteiger partial charge in [-0.1, -0.05) is 24.3 Å². The van der Waals surface area contributed by atoms with Crippen molar-refractivity contribution in [3.8, 4) is 5.75 Å². The number of para-hydroxylation sites is 1. The minimum atomic E-state index is 0.129. The number of ether oxygens (including phenoxy) is 1. The van der Waals surface area contributed by atoms with Crippen molar-refractivity contribution in [2.75, 3.05) is 26.5 Å². The highest BCUT2D eigenvalue weighted by Gasteiger charge is 2.10. The molecule has 0 aliphatic carbocycles. The van der Waals surface area contributed by atoms with Gasteiger partial charge in [-0.3, -0.25) is 4.79 Å². The van der Waals surface area contributed by atoms with Crippen molar-refractivity contribution in [3.63, 3.8) is 0 Å². The molecule has 0 aliphatic heterocycles. The Morgan fingerprint density at radius 2 is 2.00 bits per heavy atom. The molecule has 3 aromatic rings. The molecule has 0 radical (unpaired) electrons. The summed E-state index contributed by atoms with van der Waals surface area (Å²) < 4.78 is 7.40. The minimum absolute atomic E-state index is 0.129. The summed E-state index contributed by atoms with van der Waals surface area (Å²) in [7, 11) is 3.51. The second-order valence-corrected chi connectivity index (χ2v) is 6.90. The summed E-state index contributed by atoms with van der Waals surface area (Å²) in [6.07, 6.45) is 2.08. The molecule has 1 aromatic heterocycles. The molecule has 3 rings (SSSR count). The lowest BCUT2D eigenvalue weighted by Gasteiger charge is -2.18. The number of nitrogens with zero attached hydrogens (tertiary/aromatic N) is 2. The van der Waals surface area contributed by atoms with Gasteiger partial charge in [-0.15, -0.1) is 11.8 Å². The zero-order valence-corrected chi connectivity index (χ0v) is 15.3. The Kier molecular flexibility index (Phi) is 5.66. The minimum Gasteiger partial charge on any atom is -0.497 e. The molecular weight excluding hydrogens is 332 g/mol. The number of benzene rings is 2. The van der Waals surface area contributed by atoms with Crippen LogP contribution in [0.5, 0.6) is 5.75 Å². The van der Waals surface area contributed by atoms with E-state index in [-0.39, 0.29) is 5.91 Å². The van der Waals surface area contributed by atoms with Gasteiger partial charge in [-0.05, 0) is 35.7 Å². The van der Waals surface area contributed by atoms with Gasteiger partial charge in [0, 0.05) is 36.7 Å². The smallest absolute Gasteiger partial charge is 0.232 e. The van der Waals surface area contributed by atoms with E-state index >= 15 is 0 Å².